The Morgan fingerprint density at radius 3 is 1.80 bits per heavy atom. The molecule has 2 atom stereocenters. The number of esters is 2. The highest BCUT2D eigenvalue weighted by Crippen LogP contribution is 2.35. The standard InChI is InChI=1S/C35H46O6/c1-8-10-13-19-31(40-34(36)25(3)4)38-30-24-23-29(22-21-28-17-15-12-16-18-28)33(27(30)7)39-32(20-14-11-9-2)41-35(37)26(5)6/h12,15-18,21-24,31-32H,3,5,8-11,13-14,19-20H2,1-2,4,6-7H3. The fourth-order valence-electron chi connectivity index (χ4n) is 3.98. The highest BCUT2D eigenvalue weighted by molar-refractivity contribution is 5.87. The normalized spacial score (nSPS) is 12.4. The summed E-state index contributed by atoms with van der Waals surface area (Å²) in [6.07, 6.45) is 9.20. The van der Waals surface area contributed by atoms with Gasteiger partial charge in [0.2, 0.25) is 12.6 Å². The van der Waals surface area contributed by atoms with Gasteiger partial charge in [0.15, 0.2) is 0 Å². The van der Waals surface area contributed by atoms with Crippen molar-refractivity contribution in [1.82, 2.24) is 0 Å². The molecule has 0 amide bonds. The van der Waals surface area contributed by atoms with Crippen LogP contribution in [0.2, 0.25) is 0 Å². The van der Waals surface area contributed by atoms with E-state index in [1.165, 1.54) is 0 Å². The maximum absolute atomic E-state index is 12.5. The molecule has 0 aromatic heterocycles. The van der Waals surface area contributed by atoms with E-state index in [0.29, 0.717) is 41.1 Å². The smallest absolute Gasteiger partial charge is 0.336 e. The minimum Gasteiger partial charge on any atom is -0.454 e. The summed E-state index contributed by atoms with van der Waals surface area (Å²) in [5, 5.41) is 0. The van der Waals surface area contributed by atoms with Gasteiger partial charge in [-0.1, -0.05) is 95.2 Å². The Kier molecular flexibility index (Phi) is 14.5. The highest BCUT2D eigenvalue weighted by Gasteiger charge is 2.23. The number of rotatable bonds is 18. The molecule has 6 nitrogen and oxygen atoms in total. The molecule has 0 radical (unpaired) electrons. The zero-order chi connectivity index (χ0) is 30.2. The number of hydrogen-bond acceptors (Lipinski definition) is 6. The lowest BCUT2D eigenvalue weighted by atomic mass is 10.1. The zero-order valence-electron chi connectivity index (χ0n) is 25.4. The first-order chi connectivity index (χ1) is 19.7. The summed E-state index contributed by atoms with van der Waals surface area (Å²) in [6.45, 7) is 16.8. The Labute approximate surface area is 246 Å². The van der Waals surface area contributed by atoms with Gasteiger partial charge in [0.25, 0.3) is 0 Å². The van der Waals surface area contributed by atoms with Crippen LogP contribution in [0.3, 0.4) is 0 Å². The Morgan fingerprint density at radius 2 is 1.29 bits per heavy atom. The van der Waals surface area contributed by atoms with Gasteiger partial charge in [-0.2, -0.15) is 0 Å². The first-order valence-electron chi connectivity index (χ1n) is 14.6. The second kappa shape index (κ2) is 17.8. The molecule has 222 valence electrons. The molecule has 41 heavy (non-hydrogen) atoms. The van der Waals surface area contributed by atoms with Gasteiger partial charge >= 0.3 is 11.9 Å². The van der Waals surface area contributed by atoms with Crippen molar-refractivity contribution in [2.24, 2.45) is 0 Å². The van der Waals surface area contributed by atoms with Crippen LogP contribution in [0, 0.1) is 6.92 Å². The van der Waals surface area contributed by atoms with Crippen LogP contribution in [0.1, 0.15) is 95.8 Å². The monoisotopic (exact) mass is 562 g/mol. The summed E-state index contributed by atoms with van der Waals surface area (Å²) in [4.78, 5) is 24.8. The summed E-state index contributed by atoms with van der Waals surface area (Å²) in [5.41, 5.74) is 3.16. The Morgan fingerprint density at radius 1 is 0.756 bits per heavy atom. The van der Waals surface area contributed by atoms with Gasteiger partial charge in [0.1, 0.15) is 11.5 Å². The molecule has 0 aliphatic carbocycles. The second-order valence-electron chi connectivity index (χ2n) is 10.3. The summed E-state index contributed by atoms with van der Waals surface area (Å²) in [6, 6.07) is 13.7. The van der Waals surface area contributed by atoms with Crippen LogP contribution >= 0.6 is 0 Å². The maximum atomic E-state index is 12.5. The molecule has 0 bridgehead atoms. The van der Waals surface area contributed by atoms with E-state index in [9.17, 15) is 9.59 Å². The van der Waals surface area contributed by atoms with Crippen molar-refractivity contribution >= 4 is 24.1 Å². The van der Waals surface area contributed by atoms with E-state index in [1.54, 1.807) is 13.8 Å². The van der Waals surface area contributed by atoms with Crippen molar-refractivity contribution in [3.63, 3.8) is 0 Å². The van der Waals surface area contributed by atoms with Gasteiger partial charge in [-0.05, 0) is 51.3 Å². The third-order valence-electron chi connectivity index (χ3n) is 6.41. The number of carbonyl (C=O) groups is 2. The Balaban J connectivity index is 2.48. The second-order valence-corrected chi connectivity index (χ2v) is 10.3. The van der Waals surface area contributed by atoms with E-state index in [0.717, 1.165) is 49.7 Å². The molecule has 0 spiro atoms. The molecule has 2 aromatic carbocycles. The predicted octanol–water partition coefficient (Wildman–Crippen LogP) is 8.97. The number of carbonyl (C=O) groups excluding carboxylic acids is 2. The van der Waals surface area contributed by atoms with Crippen molar-refractivity contribution in [3.05, 3.63) is 83.5 Å². The van der Waals surface area contributed by atoms with E-state index < -0.39 is 24.5 Å². The van der Waals surface area contributed by atoms with Crippen LogP contribution in [0.5, 0.6) is 11.5 Å². The van der Waals surface area contributed by atoms with Crippen molar-refractivity contribution in [1.29, 1.82) is 0 Å². The summed E-state index contributed by atoms with van der Waals surface area (Å²) >= 11 is 0. The van der Waals surface area contributed by atoms with Crippen molar-refractivity contribution < 1.29 is 28.5 Å². The third-order valence-corrected chi connectivity index (χ3v) is 6.41. The van der Waals surface area contributed by atoms with Crippen LogP contribution < -0.4 is 9.47 Å². The zero-order valence-corrected chi connectivity index (χ0v) is 25.4. The first-order valence-corrected chi connectivity index (χ1v) is 14.6. The van der Waals surface area contributed by atoms with Crippen LogP contribution in [-0.2, 0) is 19.1 Å². The molecule has 0 aliphatic heterocycles. The molecule has 0 aliphatic rings. The van der Waals surface area contributed by atoms with Crippen molar-refractivity contribution in [2.45, 2.75) is 98.6 Å². The lowest BCUT2D eigenvalue weighted by Crippen LogP contribution is -2.26. The van der Waals surface area contributed by atoms with Crippen LogP contribution in [0.4, 0.5) is 0 Å². The average Bonchev–Trinajstić information content (AvgIpc) is 2.95. The highest BCUT2D eigenvalue weighted by atomic mass is 16.7. The SMILES string of the molecule is C=C(C)C(=O)OC(CCCCC)Oc1ccc(C=Cc2ccccc2)c(OC(CCCCC)OC(=O)C(=C)C)c1C. The topological polar surface area (TPSA) is 71.1 Å². The molecule has 0 fully saturated rings. The first kappa shape index (κ1) is 33.4. The molecular formula is C35H46O6. The van der Waals surface area contributed by atoms with Gasteiger partial charge in [-0.15, -0.1) is 0 Å². The average molecular weight is 563 g/mol. The van der Waals surface area contributed by atoms with E-state index >= 15 is 0 Å². The maximum Gasteiger partial charge on any atom is 0.336 e. The number of ether oxygens (including phenoxy) is 4. The number of hydrogen-bond donors (Lipinski definition) is 0. The van der Waals surface area contributed by atoms with E-state index in [1.807, 2.05) is 61.5 Å². The van der Waals surface area contributed by atoms with Crippen molar-refractivity contribution in [2.75, 3.05) is 0 Å². The Bertz CT molecular complexity index is 1180. The molecule has 2 aromatic rings. The summed E-state index contributed by atoms with van der Waals surface area (Å²) < 4.78 is 24.0. The van der Waals surface area contributed by atoms with Crippen LogP contribution in [0.25, 0.3) is 12.2 Å². The van der Waals surface area contributed by atoms with Gasteiger partial charge in [0.05, 0.1) is 0 Å². The molecule has 2 unspecified atom stereocenters. The quantitative estimate of drug-likeness (QED) is 0.0594. The largest absolute Gasteiger partial charge is 0.454 e. The number of unbranched alkanes of at least 4 members (excludes halogenated alkanes) is 4. The van der Waals surface area contributed by atoms with Crippen LogP contribution in [-0.4, -0.2) is 24.5 Å². The summed E-state index contributed by atoms with van der Waals surface area (Å²) in [7, 11) is 0. The van der Waals surface area contributed by atoms with E-state index in [4.69, 9.17) is 18.9 Å². The Hall–Kier alpha value is -3.80. The molecule has 0 N–H and O–H groups in total. The third kappa shape index (κ3) is 11.7. The lowest BCUT2D eigenvalue weighted by Gasteiger charge is -2.25. The van der Waals surface area contributed by atoms with Gasteiger partial charge in [-0.3, -0.25) is 0 Å². The lowest BCUT2D eigenvalue weighted by molar-refractivity contribution is -0.160. The fourth-order valence-corrected chi connectivity index (χ4v) is 3.98. The molecule has 0 saturated heterocycles. The minimum absolute atomic E-state index is 0.307. The minimum atomic E-state index is -0.801. The van der Waals surface area contributed by atoms with Gasteiger partial charge in [0, 0.05) is 35.1 Å². The van der Waals surface area contributed by atoms with E-state index in [-0.39, 0.29) is 0 Å². The van der Waals surface area contributed by atoms with Gasteiger partial charge in [-0.25, -0.2) is 9.59 Å². The van der Waals surface area contributed by atoms with Crippen LogP contribution in [0.15, 0.2) is 66.8 Å². The van der Waals surface area contributed by atoms with Gasteiger partial charge < -0.3 is 18.9 Å². The van der Waals surface area contributed by atoms with E-state index in [2.05, 4.69) is 27.0 Å². The fraction of sp³-hybridized carbons (Fsp3) is 0.429. The summed E-state index contributed by atoms with van der Waals surface area (Å²) in [5.74, 6) is 0.0574. The van der Waals surface area contributed by atoms with Crippen molar-refractivity contribution in [3.8, 4) is 11.5 Å². The molecule has 0 saturated carbocycles. The number of benzene rings is 2. The molecular weight excluding hydrogens is 516 g/mol. The predicted molar refractivity (Wildman–Crippen MR) is 165 cm³/mol. The molecule has 2 rings (SSSR count). The molecule has 6 heteroatoms. The molecule has 0 heterocycles.